The van der Waals surface area contributed by atoms with E-state index in [1.165, 1.54) is 0 Å². The molecule has 0 aliphatic carbocycles. The van der Waals surface area contributed by atoms with E-state index < -0.39 is 17.8 Å². The van der Waals surface area contributed by atoms with Crippen LogP contribution in [0.3, 0.4) is 0 Å². The number of carbonyl (C=O) groups excluding carboxylic acids is 3. The maximum Gasteiger partial charge on any atom is 0.312 e. The highest BCUT2D eigenvalue weighted by Gasteiger charge is 2.35. The number of benzene rings is 3. The lowest BCUT2D eigenvalue weighted by Gasteiger charge is -2.13. The Labute approximate surface area is 195 Å². The molecular weight excluding hydrogens is 440 g/mol. The number of nitriles is 1. The van der Waals surface area contributed by atoms with Gasteiger partial charge in [0.05, 0.1) is 29.2 Å². The van der Waals surface area contributed by atoms with Crippen LogP contribution in [0.1, 0.15) is 38.3 Å². The Morgan fingerprint density at radius 1 is 0.970 bits per heavy atom. The van der Waals surface area contributed by atoms with E-state index in [4.69, 9.17) is 16.3 Å². The number of nitrogens with zero attached hydrogens (tertiary/aromatic N) is 2. The number of hydrogen-bond donors (Lipinski definition) is 0. The Morgan fingerprint density at radius 3 is 2.33 bits per heavy atom. The molecule has 1 aliphatic heterocycles. The van der Waals surface area contributed by atoms with Gasteiger partial charge in [0.2, 0.25) is 0 Å². The van der Waals surface area contributed by atoms with Crippen LogP contribution >= 0.6 is 11.6 Å². The second-order valence-electron chi connectivity index (χ2n) is 7.28. The van der Waals surface area contributed by atoms with E-state index in [0.717, 1.165) is 4.90 Å². The molecule has 1 heterocycles. The van der Waals surface area contributed by atoms with Gasteiger partial charge in [0.1, 0.15) is 5.75 Å². The lowest BCUT2D eigenvalue weighted by Crippen LogP contribution is -2.32. The number of amides is 2. The third kappa shape index (κ3) is 4.84. The molecule has 0 aromatic heterocycles. The molecule has 7 heteroatoms. The SMILES string of the molecule is N#C/C(=C/c1cccc(OC(=O)CCN2C(=O)c3ccccc3C2=O)c1)c1cccc(Cl)c1. The summed E-state index contributed by atoms with van der Waals surface area (Å²) in [7, 11) is 0. The Bertz CT molecular complexity index is 1300. The molecular formula is C26H17ClN2O4. The van der Waals surface area contributed by atoms with Crippen LogP contribution < -0.4 is 4.74 Å². The van der Waals surface area contributed by atoms with Gasteiger partial charge in [-0.2, -0.15) is 5.26 Å². The van der Waals surface area contributed by atoms with Crippen molar-refractivity contribution in [1.82, 2.24) is 4.90 Å². The molecule has 0 radical (unpaired) electrons. The molecule has 6 nitrogen and oxygen atoms in total. The molecule has 3 aromatic carbocycles. The summed E-state index contributed by atoms with van der Waals surface area (Å²) in [5.41, 5.74) is 2.42. The lowest BCUT2D eigenvalue weighted by atomic mass is 10.0. The summed E-state index contributed by atoms with van der Waals surface area (Å²) in [4.78, 5) is 38.2. The van der Waals surface area contributed by atoms with Crippen molar-refractivity contribution < 1.29 is 19.1 Å². The summed E-state index contributed by atoms with van der Waals surface area (Å²) >= 11 is 6.01. The van der Waals surface area contributed by atoms with Crippen LogP contribution in [0.25, 0.3) is 11.6 Å². The van der Waals surface area contributed by atoms with Gasteiger partial charge in [-0.1, -0.05) is 48.0 Å². The van der Waals surface area contributed by atoms with Crippen LogP contribution in [-0.4, -0.2) is 29.2 Å². The van der Waals surface area contributed by atoms with Crippen LogP contribution in [0.5, 0.6) is 5.75 Å². The Kier molecular flexibility index (Phi) is 6.34. The number of fused-ring (bicyclic) bond motifs is 1. The average molecular weight is 457 g/mol. The van der Waals surface area contributed by atoms with Gasteiger partial charge >= 0.3 is 5.97 Å². The lowest BCUT2D eigenvalue weighted by molar-refractivity contribution is -0.134. The van der Waals surface area contributed by atoms with Crippen molar-refractivity contribution in [2.45, 2.75) is 6.42 Å². The van der Waals surface area contributed by atoms with E-state index in [1.807, 2.05) is 0 Å². The predicted octanol–water partition coefficient (Wildman–Crippen LogP) is 5.00. The quantitative estimate of drug-likeness (QED) is 0.171. The molecule has 0 N–H and O–H groups in total. The Balaban J connectivity index is 1.42. The summed E-state index contributed by atoms with van der Waals surface area (Å²) in [5.74, 6) is -1.12. The second kappa shape index (κ2) is 9.51. The number of allylic oxidation sites excluding steroid dienone is 1. The average Bonchev–Trinajstić information content (AvgIpc) is 3.06. The molecule has 1 aliphatic rings. The third-order valence-electron chi connectivity index (χ3n) is 5.07. The van der Waals surface area contributed by atoms with E-state index in [2.05, 4.69) is 6.07 Å². The van der Waals surface area contributed by atoms with Crippen LogP contribution in [0, 0.1) is 11.3 Å². The molecule has 2 amide bonds. The number of carbonyl (C=O) groups is 3. The summed E-state index contributed by atoms with van der Waals surface area (Å²) in [6.45, 7) is -0.0713. The number of rotatable bonds is 6. The van der Waals surface area contributed by atoms with E-state index in [1.54, 1.807) is 78.9 Å². The van der Waals surface area contributed by atoms with E-state index in [0.29, 0.717) is 38.6 Å². The first-order valence-corrected chi connectivity index (χ1v) is 10.5. The zero-order valence-electron chi connectivity index (χ0n) is 17.3. The van der Waals surface area contributed by atoms with Crippen LogP contribution in [0.15, 0.2) is 72.8 Å². The minimum Gasteiger partial charge on any atom is -0.426 e. The van der Waals surface area contributed by atoms with E-state index in [-0.39, 0.29) is 13.0 Å². The first kappa shape index (κ1) is 22.0. The van der Waals surface area contributed by atoms with Crippen molar-refractivity contribution in [3.05, 3.63) is 100 Å². The molecule has 4 rings (SSSR count). The standard InChI is InChI=1S/C26H17ClN2O4/c27-20-7-4-6-18(15-20)19(16-28)13-17-5-3-8-21(14-17)33-24(30)11-12-29-25(31)22-9-1-2-10-23(22)26(29)32/h1-10,13-15H,11-12H2/b19-13-. The molecule has 0 bridgehead atoms. The normalized spacial score (nSPS) is 13.0. The highest BCUT2D eigenvalue weighted by molar-refractivity contribution is 6.30. The van der Waals surface area contributed by atoms with Gasteiger partial charge < -0.3 is 4.74 Å². The number of ether oxygens (including phenoxy) is 1. The van der Waals surface area contributed by atoms with E-state index in [9.17, 15) is 19.6 Å². The monoisotopic (exact) mass is 456 g/mol. The summed E-state index contributed by atoms with van der Waals surface area (Å²) in [6, 6.07) is 22.4. The van der Waals surface area contributed by atoms with Crippen molar-refractivity contribution in [2.75, 3.05) is 6.54 Å². The van der Waals surface area contributed by atoms with Crippen molar-refractivity contribution >= 4 is 41.0 Å². The summed E-state index contributed by atoms with van der Waals surface area (Å²) in [6.07, 6.45) is 1.53. The van der Waals surface area contributed by atoms with Gasteiger partial charge in [-0.05, 0) is 53.6 Å². The molecule has 3 aromatic rings. The first-order chi connectivity index (χ1) is 16.0. The van der Waals surface area contributed by atoms with Crippen LogP contribution in [-0.2, 0) is 4.79 Å². The number of halogens is 1. The topological polar surface area (TPSA) is 87.5 Å². The maximum absolute atomic E-state index is 12.4. The highest BCUT2D eigenvalue weighted by Crippen LogP contribution is 2.24. The molecule has 33 heavy (non-hydrogen) atoms. The van der Waals surface area contributed by atoms with Crippen LogP contribution in [0.2, 0.25) is 5.02 Å². The minimum atomic E-state index is -0.581. The van der Waals surface area contributed by atoms with Gasteiger partial charge in [0.25, 0.3) is 11.8 Å². The molecule has 0 saturated heterocycles. The third-order valence-corrected chi connectivity index (χ3v) is 5.31. The van der Waals surface area contributed by atoms with Gasteiger partial charge in [-0.25, -0.2) is 0 Å². The van der Waals surface area contributed by atoms with Crippen molar-refractivity contribution in [3.8, 4) is 11.8 Å². The van der Waals surface area contributed by atoms with Gasteiger partial charge in [0.15, 0.2) is 0 Å². The number of esters is 1. The van der Waals surface area contributed by atoms with E-state index >= 15 is 0 Å². The maximum atomic E-state index is 12.4. The highest BCUT2D eigenvalue weighted by atomic mass is 35.5. The molecule has 0 spiro atoms. The summed E-state index contributed by atoms with van der Waals surface area (Å²) in [5, 5.41) is 10.0. The Morgan fingerprint density at radius 2 is 1.67 bits per heavy atom. The van der Waals surface area contributed by atoms with Gasteiger partial charge in [-0.3, -0.25) is 19.3 Å². The molecule has 162 valence electrons. The largest absolute Gasteiger partial charge is 0.426 e. The number of imide groups is 1. The Hall–Kier alpha value is -4.21. The number of hydrogen-bond acceptors (Lipinski definition) is 5. The zero-order valence-corrected chi connectivity index (χ0v) is 18.1. The zero-order chi connectivity index (χ0) is 23.4. The smallest absolute Gasteiger partial charge is 0.312 e. The fraction of sp³-hybridized carbons (Fsp3) is 0.0769. The van der Waals surface area contributed by atoms with Gasteiger partial charge in [0, 0.05) is 11.6 Å². The molecule has 0 unspecified atom stereocenters. The van der Waals surface area contributed by atoms with Crippen molar-refractivity contribution in [1.29, 1.82) is 5.26 Å². The summed E-state index contributed by atoms with van der Waals surface area (Å²) < 4.78 is 5.38. The first-order valence-electron chi connectivity index (χ1n) is 10.1. The molecule has 0 atom stereocenters. The predicted molar refractivity (Wildman–Crippen MR) is 123 cm³/mol. The molecule has 0 fully saturated rings. The minimum absolute atomic E-state index is 0.0713. The van der Waals surface area contributed by atoms with Gasteiger partial charge in [-0.15, -0.1) is 0 Å². The van der Waals surface area contributed by atoms with Crippen LogP contribution in [0.4, 0.5) is 0 Å². The van der Waals surface area contributed by atoms with Crippen molar-refractivity contribution in [3.63, 3.8) is 0 Å². The second-order valence-corrected chi connectivity index (χ2v) is 7.72. The fourth-order valence-corrected chi connectivity index (χ4v) is 3.69. The van der Waals surface area contributed by atoms with Crippen molar-refractivity contribution in [2.24, 2.45) is 0 Å². The molecule has 0 saturated carbocycles. The fourth-order valence-electron chi connectivity index (χ4n) is 3.50.